The van der Waals surface area contributed by atoms with Crippen LogP contribution in [-0.2, 0) is 9.59 Å². The van der Waals surface area contributed by atoms with Crippen LogP contribution in [0.2, 0.25) is 0 Å². The van der Waals surface area contributed by atoms with Crippen molar-refractivity contribution in [1.29, 1.82) is 0 Å². The van der Waals surface area contributed by atoms with Crippen molar-refractivity contribution in [1.82, 2.24) is 5.32 Å². The quantitative estimate of drug-likeness (QED) is 0.789. The maximum atomic E-state index is 13.2. The number of anilines is 1. The van der Waals surface area contributed by atoms with Gasteiger partial charge in [-0.3, -0.25) is 9.59 Å². The molecule has 2 amide bonds. The third kappa shape index (κ3) is 2.79. The van der Waals surface area contributed by atoms with E-state index in [0.717, 1.165) is 0 Å². The minimum Gasteiger partial charge on any atom is -0.342 e. The second-order valence-corrected chi connectivity index (χ2v) is 6.20. The first-order chi connectivity index (χ1) is 9.37. The summed E-state index contributed by atoms with van der Waals surface area (Å²) in [5.41, 5.74) is -0.265. The Hall–Kier alpha value is -1.18. The van der Waals surface area contributed by atoms with Gasteiger partial charge in [0.2, 0.25) is 5.91 Å². The molecule has 0 radical (unpaired) electrons. The zero-order valence-corrected chi connectivity index (χ0v) is 13.5. The highest BCUT2D eigenvalue weighted by atomic mass is 127. The van der Waals surface area contributed by atoms with E-state index in [0.29, 0.717) is 22.2 Å². The third-order valence-electron chi connectivity index (χ3n) is 3.60. The summed E-state index contributed by atoms with van der Waals surface area (Å²) in [6.45, 7) is 3.89. The number of benzene rings is 1. The van der Waals surface area contributed by atoms with E-state index in [9.17, 15) is 14.0 Å². The molecule has 0 aromatic heterocycles. The number of rotatable bonds is 2. The van der Waals surface area contributed by atoms with E-state index in [2.05, 4.69) is 5.32 Å². The molecule has 4 nitrogen and oxygen atoms in total. The summed E-state index contributed by atoms with van der Waals surface area (Å²) < 4.78 is 13.9. The van der Waals surface area contributed by atoms with Crippen LogP contribution in [0.15, 0.2) is 18.2 Å². The molecule has 1 N–H and O–H groups in total. The Morgan fingerprint density at radius 2 is 2.15 bits per heavy atom. The monoisotopic (exact) mass is 390 g/mol. The molecule has 20 heavy (non-hydrogen) atoms. The van der Waals surface area contributed by atoms with Crippen LogP contribution >= 0.6 is 22.6 Å². The van der Waals surface area contributed by atoms with Gasteiger partial charge in [0.05, 0.1) is 5.69 Å². The average molecular weight is 390 g/mol. The van der Waals surface area contributed by atoms with Crippen LogP contribution < -0.4 is 10.2 Å². The number of hydrogen-bond donors (Lipinski definition) is 1. The van der Waals surface area contributed by atoms with Crippen molar-refractivity contribution < 1.29 is 14.0 Å². The molecule has 1 heterocycles. The van der Waals surface area contributed by atoms with Crippen LogP contribution in [0.1, 0.15) is 26.7 Å². The largest absolute Gasteiger partial charge is 0.342 e. The summed E-state index contributed by atoms with van der Waals surface area (Å²) in [5.74, 6) is -0.634. The van der Waals surface area contributed by atoms with Crippen molar-refractivity contribution in [2.24, 2.45) is 0 Å². The van der Waals surface area contributed by atoms with Crippen LogP contribution in [0.3, 0.4) is 0 Å². The van der Waals surface area contributed by atoms with Gasteiger partial charge in [-0.2, -0.15) is 0 Å². The second kappa shape index (κ2) is 5.67. The molecule has 1 aliphatic rings. The van der Waals surface area contributed by atoms with E-state index in [1.807, 2.05) is 29.5 Å². The lowest BCUT2D eigenvalue weighted by Crippen LogP contribution is -2.54. The lowest BCUT2D eigenvalue weighted by molar-refractivity contribution is -0.129. The standard InChI is InChI=1S/C14H16FIN2O2/c1-3-14(2)13(20)18(7-6-12(19)17-14)11-5-4-9(15)8-10(11)16/h4-5,8H,3,6-7H2,1-2H3,(H,17,19). The Morgan fingerprint density at radius 1 is 1.45 bits per heavy atom. The Kier molecular flexibility index (Phi) is 4.31. The Morgan fingerprint density at radius 3 is 2.75 bits per heavy atom. The molecule has 1 aliphatic heterocycles. The normalized spacial score (nSPS) is 23.5. The first-order valence-electron chi connectivity index (χ1n) is 6.45. The molecular formula is C14H16FIN2O2. The molecule has 2 rings (SSSR count). The number of hydrogen-bond acceptors (Lipinski definition) is 2. The van der Waals surface area contributed by atoms with Crippen molar-refractivity contribution in [3.63, 3.8) is 0 Å². The fraction of sp³-hybridized carbons (Fsp3) is 0.429. The molecule has 0 bridgehead atoms. The molecule has 1 saturated heterocycles. The molecule has 1 atom stereocenters. The van der Waals surface area contributed by atoms with Crippen molar-refractivity contribution >= 4 is 40.1 Å². The van der Waals surface area contributed by atoms with Crippen molar-refractivity contribution in [2.45, 2.75) is 32.2 Å². The summed E-state index contributed by atoms with van der Waals surface area (Å²) >= 11 is 2.00. The van der Waals surface area contributed by atoms with E-state index in [1.165, 1.54) is 12.1 Å². The van der Waals surface area contributed by atoms with Crippen LogP contribution in [0.5, 0.6) is 0 Å². The topological polar surface area (TPSA) is 49.4 Å². The molecule has 6 heteroatoms. The Bertz CT molecular complexity index is 564. The van der Waals surface area contributed by atoms with Gasteiger partial charge in [-0.25, -0.2) is 4.39 Å². The first-order valence-corrected chi connectivity index (χ1v) is 7.53. The van der Waals surface area contributed by atoms with Crippen LogP contribution in [0.4, 0.5) is 10.1 Å². The maximum Gasteiger partial charge on any atom is 0.252 e. The molecule has 0 saturated carbocycles. The minimum atomic E-state index is -0.912. The maximum absolute atomic E-state index is 13.2. The average Bonchev–Trinajstić information content (AvgIpc) is 2.50. The molecule has 1 unspecified atom stereocenters. The zero-order valence-electron chi connectivity index (χ0n) is 11.4. The number of nitrogens with zero attached hydrogens (tertiary/aromatic N) is 1. The van der Waals surface area contributed by atoms with Gasteiger partial charge in [0.1, 0.15) is 11.4 Å². The smallest absolute Gasteiger partial charge is 0.252 e. The van der Waals surface area contributed by atoms with Gasteiger partial charge in [-0.15, -0.1) is 0 Å². The Balaban J connectivity index is 2.44. The number of nitrogens with one attached hydrogen (secondary N) is 1. The first kappa shape index (κ1) is 15.2. The molecule has 0 spiro atoms. The van der Waals surface area contributed by atoms with Gasteiger partial charge in [-0.05, 0) is 54.1 Å². The fourth-order valence-electron chi connectivity index (χ4n) is 2.21. The molecule has 1 aromatic carbocycles. The van der Waals surface area contributed by atoms with E-state index in [4.69, 9.17) is 0 Å². The summed E-state index contributed by atoms with van der Waals surface area (Å²) in [6, 6.07) is 4.29. The van der Waals surface area contributed by atoms with Crippen molar-refractivity contribution in [2.75, 3.05) is 11.4 Å². The predicted molar refractivity (Wildman–Crippen MR) is 82.9 cm³/mol. The SMILES string of the molecule is CCC1(C)NC(=O)CCN(c2ccc(F)cc2I)C1=O. The summed E-state index contributed by atoms with van der Waals surface area (Å²) in [4.78, 5) is 26.0. The van der Waals surface area contributed by atoms with Crippen LogP contribution in [0, 0.1) is 9.39 Å². The van der Waals surface area contributed by atoms with Gasteiger partial charge in [0.25, 0.3) is 5.91 Å². The van der Waals surface area contributed by atoms with Crippen molar-refractivity contribution in [3.05, 3.63) is 27.6 Å². The Labute approximate surface area is 130 Å². The summed E-state index contributed by atoms with van der Waals surface area (Å²) in [5, 5.41) is 2.78. The van der Waals surface area contributed by atoms with Gasteiger partial charge < -0.3 is 10.2 Å². The third-order valence-corrected chi connectivity index (χ3v) is 4.47. The number of amides is 2. The summed E-state index contributed by atoms with van der Waals surface area (Å²) in [7, 11) is 0. The second-order valence-electron chi connectivity index (χ2n) is 5.04. The van der Waals surface area contributed by atoms with Gasteiger partial charge in [0, 0.05) is 16.5 Å². The molecule has 1 aromatic rings. The minimum absolute atomic E-state index is 0.137. The molecule has 1 fully saturated rings. The number of carbonyl (C=O) groups is 2. The van der Waals surface area contributed by atoms with Gasteiger partial charge in [-0.1, -0.05) is 6.92 Å². The zero-order chi connectivity index (χ0) is 14.9. The number of halogens is 2. The number of carbonyl (C=O) groups excluding carboxylic acids is 2. The highest BCUT2D eigenvalue weighted by Gasteiger charge is 2.40. The van der Waals surface area contributed by atoms with Gasteiger partial charge in [0.15, 0.2) is 0 Å². The van der Waals surface area contributed by atoms with E-state index >= 15 is 0 Å². The predicted octanol–water partition coefficient (Wildman–Crippen LogP) is 2.45. The van der Waals surface area contributed by atoms with Crippen LogP contribution in [-0.4, -0.2) is 23.9 Å². The lowest BCUT2D eigenvalue weighted by atomic mass is 9.97. The van der Waals surface area contributed by atoms with E-state index < -0.39 is 5.54 Å². The fourth-order valence-corrected chi connectivity index (χ4v) is 2.97. The van der Waals surface area contributed by atoms with Crippen LogP contribution in [0.25, 0.3) is 0 Å². The lowest BCUT2D eigenvalue weighted by Gasteiger charge is -2.31. The van der Waals surface area contributed by atoms with Gasteiger partial charge >= 0.3 is 0 Å². The molecule has 0 aliphatic carbocycles. The molecular weight excluding hydrogens is 374 g/mol. The van der Waals surface area contributed by atoms with E-state index in [-0.39, 0.29) is 24.1 Å². The highest BCUT2D eigenvalue weighted by molar-refractivity contribution is 14.1. The van der Waals surface area contributed by atoms with Crippen molar-refractivity contribution in [3.8, 4) is 0 Å². The highest BCUT2D eigenvalue weighted by Crippen LogP contribution is 2.28. The summed E-state index contributed by atoms with van der Waals surface area (Å²) in [6.07, 6.45) is 0.751. The molecule has 108 valence electrons. The van der Waals surface area contributed by atoms with E-state index in [1.54, 1.807) is 17.9 Å².